The maximum absolute atomic E-state index is 13.9. The van der Waals surface area contributed by atoms with Crippen LogP contribution in [0.3, 0.4) is 0 Å². The molecule has 5 rings (SSSR count). The smallest absolute Gasteiger partial charge is 0.254 e. The van der Waals surface area contributed by atoms with Crippen LogP contribution in [0.4, 0.5) is 13.2 Å². The zero-order valence-electron chi connectivity index (χ0n) is 18.6. The molecule has 4 aromatic rings. The Morgan fingerprint density at radius 3 is 2.63 bits per heavy atom. The Hall–Kier alpha value is -3.95. The van der Waals surface area contributed by atoms with Gasteiger partial charge in [0.15, 0.2) is 17.4 Å². The highest BCUT2D eigenvalue weighted by Crippen LogP contribution is 2.33. The number of aromatic nitrogens is 4. The molecule has 0 spiro atoms. The predicted octanol–water partition coefficient (Wildman–Crippen LogP) is 4.78. The van der Waals surface area contributed by atoms with E-state index in [0.717, 1.165) is 47.8 Å². The molecule has 180 valence electrons. The Bertz CT molecular complexity index is 1390. The van der Waals surface area contributed by atoms with E-state index < -0.39 is 34.7 Å². The minimum Gasteiger partial charge on any atom is -0.503 e. The molecule has 0 atom stereocenters. The standard InChI is InChI=1S/C25H22F3N5O2/c26-19-10-18(22(27)23(28)24(19)34)25(35)31-11-14-1-5-17(6-2-14)33-13-16-4-3-15(9-20(16)32-33)21-12-29-7-8-30-21/h3-4,7-10,12-14,17,34H,1-2,5-6,11H2,(H,31,35). The lowest BCUT2D eigenvalue weighted by Gasteiger charge is -2.28. The van der Waals surface area contributed by atoms with Crippen LogP contribution in [-0.4, -0.2) is 37.3 Å². The fraction of sp³-hybridized carbons (Fsp3) is 0.280. The highest BCUT2D eigenvalue weighted by atomic mass is 19.2. The lowest BCUT2D eigenvalue weighted by atomic mass is 9.86. The van der Waals surface area contributed by atoms with Gasteiger partial charge >= 0.3 is 0 Å². The summed E-state index contributed by atoms with van der Waals surface area (Å²) < 4.78 is 43.0. The highest BCUT2D eigenvalue weighted by Gasteiger charge is 2.26. The van der Waals surface area contributed by atoms with Gasteiger partial charge in [-0.1, -0.05) is 12.1 Å². The van der Waals surface area contributed by atoms with E-state index in [1.165, 1.54) is 0 Å². The number of fused-ring (bicyclic) bond motifs is 1. The van der Waals surface area contributed by atoms with Crippen molar-refractivity contribution in [3.05, 3.63) is 72.1 Å². The van der Waals surface area contributed by atoms with E-state index in [2.05, 4.69) is 15.3 Å². The summed E-state index contributed by atoms with van der Waals surface area (Å²) in [7, 11) is 0. The minimum atomic E-state index is -1.77. The third kappa shape index (κ3) is 4.55. The van der Waals surface area contributed by atoms with Gasteiger partial charge in [-0.05, 0) is 43.7 Å². The average Bonchev–Trinajstić information content (AvgIpc) is 3.32. The molecule has 0 aliphatic heterocycles. The van der Waals surface area contributed by atoms with Gasteiger partial charge in [0.2, 0.25) is 5.82 Å². The molecule has 0 saturated heterocycles. The molecule has 1 aliphatic rings. The molecule has 2 aromatic carbocycles. The topological polar surface area (TPSA) is 92.9 Å². The van der Waals surface area contributed by atoms with Crippen LogP contribution >= 0.6 is 0 Å². The monoisotopic (exact) mass is 481 g/mol. The molecule has 35 heavy (non-hydrogen) atoms. The largest absolute Gasteiger partial charge is 0.503 e. The van der Waals surface area contributed by atoms with Crippen LogP contribution < -0.4 is 5.32 Å². The number of rotatable bonds is 5. The SMILES string of the molecule is O=C(NCC1CCC(n2cc3ccc(-c4cnccn4)cc3n2)CC1)c1cc(F)c(O)c(F)c1F. The maximum atomic E-state index is 13.9. The molecule has 1 saturated carbocycles. The van der Waals surface area contributed by atoms with Crippen molar-refractivity contribution in [2.45, 2.75) is 31.7 Å². The number of nitrogens with zero attached hydrogens (tertiary/aromatic N) is 4. The van der Waals surface area contributed by atoms with Crippen LogP contribution in [0.15, 0.2) is 49.1 Å². The van der Waals surface area contributed by atoms with Gasteiger partial charge in [0.25, 0.3) is 5.91 Å². The summed E-state index contributed by atoms with van der Waals surface area (Å²) in [5, 5.41) is 17.5. The van der Waals surface area contributed by atoms with E-state index in [1.807, 2.05) is 29.1 Å². The first-order chi connectivity index (χ1) is 16.9. The first-order valence-corrected chi connectivity index (χ1v) is 11.3. The fourth-order valence-corrected chi connectivity index (χ4v) is 4.53. The summed E-state index contributed by atoms with van der Waals surface area (Å²) in [6.45, 7) is 0.262. The van der Waals surface area contributed by atoms with Crippen LogP contribution in [0.2, 0.25) is 0 Å². The molecule has 2 aromatic heterocycles. The van der Waals surface area contributed by atoms with Gasteiger partial charge in [0.05, 0.1) is 29.0 Å². The number of aromatic hydroxyl groups is 1. The highest BCUT2D eigenvalue weighted by molar-refractivity contribution is 5.94. The molecular weight excluding hydrogens is 459 g/mol. The molecule has 2 heterocycles. The average molecular weight is 481 g/mol. The molecular formula is C25H22F3N5O2. The minimum absolute atomic E-state index is 0.151. The van der Waals surface area contributed by atoms with Crippen LogP contribution in [-0.2, 0) is 0 Å². The molecule has 0 bridgehead atoms. The van der Waals surface area contributed by atoms with Crippen molar-refractivity contribution in [2.24, 2.45) is 5.92 Å². The third-order valence-corrected chi connectivity index (χ3v) is 6.50. The van der Waals surface area contributed by atoms with Crippen molar-refractivity contribution in [1.29, 1.82) is 0 Å². The first kappa shape index (κ1) is 22.8. The molecule has 1 aliphatic carbocycles. The van der Waals surface area contributed by atoms with Crippen LogP contribution in [0.25, 0.3) is 22.2 Å². The van der Waals surface area contributed by atoms with Gasteiger partial charge in [-0.25, -0.2) is 8.78 Å². The number of phenolic OH excluding ortho intramolecular Hbond substituents is 1. The van der Waals surface area contributed by atoms with Crippen LogP contribution in [0, 0.1) is 23.4 Å². The quantitative estimate of drug-likeness (QED) is 0.401. The normalized spacial score (nSPS) is 18.0. The van der Waals surface area contributed by atoms with Gasteiger partial charge in [0, 0.05) is 36.1 Å². The number of halogens is 3. The van der Waals surface area contributed by atoms with E-state index in [-0.39, 0.29) is 18.5 Å². The second-order valence-corrected chi connectivity index (χ2v) is 8.74. The summed E-state index contributed by atoms with van der Waals surface area (Å²) >= 11 is 0. The number of phenols is 1. The summed E-state index contributed by atoms with van der Waals surface area (Å²) in [5.74, 6) is -6.93. The Morgan fingerprint density at radius 1 is 1.09 bits per heavy atom. The van der Waals surface area contributed by atoms with Gasteiger partial charge in [-0.2, -0.15) is 9.49 Å². The van der Waals surface area contributed by atoms with Crippen molar-refractivity contribution >= 4 is 16.8 Å². The summed E-state index contributed by atoms with van der Waals surface area (Å²) in [6.07, 6.45) is 10.3. The van der Waals surface area contributed by atoms with E-state index in [0.29, 0.717) is 6.07 Å². The van der Waals surface area contributed by atoms with Crippen molar-refractivity contribution in [3.63, 3.8) is 0 Å². The van der Waals surface area contributed by atoms with Crippen molar-refractivity contribution in [2.75, 3.05) is 6.54 Å². The zero-order chi connectivity index (χ0) is 24.5. The second kappa shape index (κ2) is 9.36. The number of nitrogens with one attached hydrogen (secondary N) is 1. The van der Waals surface area contributed by atoms with E-state index >= 15 is 0 Å². The first-order valence-electron chi connectivity index (χ1n) is 11.3. The lowest BCUT2D eigenvalue weighted by Crippen LogP contribution is -2.32. The molecule has 1 amide bonds. The lowest BCUT2D eigenvalue weighted by molar-refractivity contribution is 0.0935. The van der Waals surface area contributed by atoms with Crippen molar-refractivity contribution < 1.29 is 23.1 Å². The van der Waals surface area contributed by atoms with E-state index in [4.69, 9.17) is 10.2 Å². The Morgan fingerprint density at radius 2 is 1.89 bits per heavy atom. The van der Waals surface area contributed by atoms with Gasteiger partial charge < -0.3 is 10.4 Å². The number of hydrogen-bond donors (Lipinski definition) is 2. The summed E-state index contributed by atoms with van der Waals surface area (Å²) in [6, 6.07) is 6.71. The summed E-state index contributed by atoms with van der Waals surface area (Å²) in [4.78, 5) is 20.7. The fourth-order valence-electron chi connectivity index (χ4n) is 4.53. The molecule has 10 heteroatoms. The maximum Gasteiger partial charge on any atom is 0.254 e. The Balaban J connectivity index is 1.19. The molecule has 0 radical (unpaired) electrons. The molecule has 1 fully saturated rings. The van der Waals surface area contributed by atoms with Crippen LogP contribution in [0.1, 0.15) is 42.1 Å². The third-order valence-electron chi connectivity index (χ3n) is 6.50. The van der Waals surface area contributed by atoms with Gasteiger partial charge in [0.1, 0.15) is 0 Å². The predicted molar refractivity (Wildman–Crippen MR) is 122 cm³/mol. The number of carbonyl (C=O) groups excluding carboxylic acids is 1. The molecule has 0 unspecified atom stereocenters. The van der Waals surface area contributed by atoms with Crippen molar-refractivity contribution in [1.82, 2.24) is 25.1 Å². The zero-order valence-corrected chi connectivity index (χ0v) is 18.6. The van der Waals surface area contributed by atoms with Gasteiger partial charge in [-0.3, -0.25) is 19.4 Å². The number of amides is 1. The van der Waals surface area contributed by atoms with Crippen molar-refractivity contribution in [3.8, 4) is 17.0 Å². The van der Waals surface area contributed by atoms with E-state index in [1.54, 1.807) is 18.6 Å². The second-order valence-electron chi connectivity index (χ2n) is 8.74. The summed E-state index contributed by atoms with van der Waals surface area (Å²) in [5.41, 5.74) is 1.83. The number of carbonyl (C=O) groups is 1. The van der Waals surface area contributed by atoms with E-state index in [9.17, 15) is 18.0 Å². The number of benzene rings is 2. The Kier molecular flexibility index (Phi) is 6.10. The number of hydrogen-bond acceptors (Lipinski definition) is 5. The van der Waals surface area contributed by atoms with Gasteiger partial charge in [-0.15, -0.1) is 0 Å². The molecule has 7 nitrogen and oxygen atoms in total. The van der Waals surface area contributed by atoms with Crippen LogP contribution in [0.5, 0.6) is 5.75 Å². The molecule has 2 N–H and O–H groups in total. The Labute approximate surface area is 198 Å².